The molecule has 2 heteroatoms. The first kappa shape index (κ1) is 10.7. The van der Waals surface area contributed by atoms with Crippen molar-refractivity contribution in [2.45, 2.75) is 25.3 Å². The van der Waals surface area contributed by atoms with E-state index in [2.05, 4.69) is 35.2 Å². The number of likely N-dealkylation sites (tertiary alicyclic amines) is 1. The molecule has 0 aliphatic carbocycles. The first-order valence-corrected chi connectivity index (χ1v) is 5.91. The number of nitrogens with two attached hydrogens (primary N) is 1. The quantitative estimate of drug-likeness (QED) is 0.817. The molecule has 0 spiro atoms. The van der Waals surface area contributed by atoms with E-state index in [9.17, 15) is 0 Å². The van der Waals surface area contributed by atoms with Crippen molar-refractivity contribution in [1.29, 1.82) is 0 Å². The molecule has 82 valence electrons. The van der Waals surface area contributed by atoms with E-state index in [4.69, 9.17) is 5.73 Å². The Bertz CT molecular complexity index is 278. The number of hydrogen-bond donors (Lipinski definition) is 1. The van der Waals surface area contributed by atoms with Gasteiger partial charge in [0.1, 0.15) is 0 Å². The van der Waals surface area contributed by atoms with Crippen molar-refractivity contribution in [3.63, 3.8) is 0 Å². The number of hydrogen-bond acceptors (Lipinski definition) is 2. The van der Waals surface area contributed by atoms with E-state index in [1.54, 1.807) is 0 Å². The molecule has 15 heavy (non-hydrogen) atoms. The van der Waals surface area contributed by atoms with Crippen LogP contribution in [0.25, 0.3) is 0 Å². The summed E-state index contributed by atoms with van der Waals surface area (Å²) in [5.74, 6) is 0. The van der Waals surface area contributed by atoms with Gasteiger partial charge in [0.15, 0.2) is 0 Å². The maximum Gasteiger partial charge on any atom is 0.0470 e. The maximum absolute atomic E-state index is 5.89. The monoisotopic (exact) mass is 204 g/mol. The summed E-state index contributed by atoms with van der Waals surface area (Å²) in [6.45, 7) is 3.14. The minimum atomic E-state index is 0.423. The predicted octanol–water partition coefficient (Wildman–Crippen LogP) is 2.17. The predicted molar refractivity (Wildman–Crippen MR) is 63.7 cm³/mol. The average molecular weight is 204 g/mol. The second-order valence-corrected chi connectivity index (χ2v) is 4.26. The molecule has 1 aromatic rings. The summed E-state index contributed by atoms with van der Waals surface area (Å²) in [5, 5.41) is 0. The third kappa shape index (κ3) is 2.58. The highest BCUT2D eigenvalue weighted by Crippen LogP contribution is 2.23. The van der Waals surface area contributed by atoms with Crippen molar-refractivity contribution < 1.29 is 0 Å². The lowest BCUT2D eigenvalue weighted by Gasteiger charge is -2.34. The summed E-state index contributed by atoms with van der Waals surface area (Å²) < 4.78 is 0. The fraction of sp³-hybridized carbons (Fsp3) is 0.538. The molecule has 0 radical (unpaired) electrons. The van der Waals surface area contributed by atoms with Crippen molar-refractivity contribution in [1.82, 2.24) is 4.90 Å². The number of benzene rings is 1. The van der Waals surface area contributed by atoms with Gasteiger partial charge in [0.2, 0.25) is 0 Å². The van der Waals surface area contributed by atoms with E-state index in [1.165, 1.54) is 37.9 Å². The molecule has 1 aromatic carbocycles. The summed E-state index contributed by atoms with van der Waals surface area (Å²) in [4.78, 5) is 2.53. The number of nitrogens with zero attached hydrogens (tertiary/aromatic N) is 1. The number of rotatable bonds is 3. The highest BCUT2D eigenvalue weighted by molar-refractivity contribution is 5.19. The first-order chi connectivity index (χ1) is 7.42. The summed E-state index contributed by atoms with van der Waals surface area (Å²) >= 11 is 0. The van der Waals surface area contributed by atoms with Gasteiger partial charge in [-0.15, -0.1) is 0 Å². The topological polar surface area (TPSA) is 29.3 Å². The molecule has 0 saturated carbocycles. The molecule has 0 amide bonds. The Labute approximate surface area is 92.1 Å². The molecule has 1 saturated heterocycles. The minimum Gasteiger partial charge on any atom is -0.329 e. The molecular formula is C13H20N2. The Hall–Kier alpha value is -0.860. The molecular weight excluding hydrogens is 184 g/mol. The molecule has 1 fully saturated rings. The highest BCUT2D eigenvalue weighted by atomic mass is 15.2. The van der Waals surface area contributed by atoms with E-state index in [1.807, 2.05) is 0 Å². The van der Waals surface area contributed by atoms with Crippen LogP contribution in [0.3, 0.4) is 0 Å². The molecule has 1 atom stereocenters. The van der Waals surface area contributed by atoms with Crippen LogP contribution in [0.15, 0.2) is 30.3 Å². The molecule has 2 N–H and O–H groups in total. The Morgan fingerprint density at radius 3 is 2.33 bits per heavy atom. The Balaban J connectivity index is 2.09. The standard InChI is InChI=1S/C13H20N2/c14-11-13(12-7-3-1-4-8-12)15-9-5-2-6-10-15/h1,3-4,7-8,13H,2,5-6,9-11,14H2/t13-/m1/s1. The van der Waals surface area contributed by atoms with Crippen molar-refractivity contribution in [2.24, 2.45) is 5.73 Å². The molecule has 2 nitrogen and oxygen atoms in total. The van der Waals surface area contributed by atoms with Crippen LogP contribution in [0.4, 0.5) is 0 Å². The molecule has 1 aliphatic rings. The van der Waals surface area contributed by atoms with Gasteiger partial charge in [0, 0.05) is 12.6 Å². The van der Waals surface area contributed by atoms with E-state index >= 15 is 0 Å². The molecule has 2 rings (SSSR count). The fourth-order valence-electron chi connectivity index (χ4n) is 2.40. The summed E-state index contributed by atoms with van der Waals surface area (Å²) in [6, 6.07) is 11.1. The van der Waals surface area contributed by atoms with E-state index in [0.29, 0.717) is 6.04 Å². The summed E-state index contributed by atoms with van der Waals surface area (Å²) in [7, 11) is 0. The van der Waals surface area contributed by atoms with Crippen molar-refractivity contribution in [3.8, 4) is 0 Å². The first-order valence-electron chi connectivity index (χ1n) is 5.91. The third-order valence-electron chi connectivity index (χ3n) is 3.24. The van der Waals surface area contributed by atoms with Crippen LogP contribution in [-0.4, -0.2) is 24.5 Å². The average Bonchev–Trinajstić information content (AvgIpc) is 2.33. The van der Waals surface area contributed by atoms with Crippen LogP contribution in [0.5, 0.6) is 0 Å². The van der Waals surface area contributed by atoms with Crippen LogP contribution >= 0.6 is 0 Å². The van der Waals surface area contributed by atoms with Crippen molar-refractivity contribution >= 4 is 0 Å². The smallest absolute Gasteiger partial charge is 0.0470 e. The second kappa shape index (κ2) is 5.29. The summed E-state index contributed by atoms with van der Waals surface area (Å²) in [5.41, 5.74) is 7.26. The minimum absolute atomic E-state index is 0.423. The zero-order valence-corrected chi connectivity index (χ0v) is 9.23. The van der Waals surface area contributed by atoms with Crippen molar-refractivity contribution in [2.75, 3.05) is 19.6 Å². The lowest BCUT2D eigenvalue weighted by atomic mass is 10.0. The van der Waals surface area contributed by atoms with E-state index < -0.39 is 0 Å². The Morgan fingerprint density at radius 1 is 1.07 bits per heavy atom. The largest absolute Gasteiger partial charge is 0.329 e. The normalized spacial score (nSPS) is 20.1. The molecule has 0 aromatic heterocycles. The van der Waals surface area contributed by atoms with Crippen LogP contribution in [0.1, 0.15) is 30.9 Å². The van der Waals surface area contributed by atoms with E-state index in [0.717, 1.165) is 6.54 Å². The summed E-state index contributed by atoms with van der Waals surface area (Å²) in [6.07, 6.45) is 4.02. The van der Waals surface area contributed by atoms with Gasteiger partial charge in [0.05, 0.1) is 0 Å². The Kier molecular flexibility index (Phi) is 3.75. The van der Waals surface area contributed by atoms with Crippen LogP contribution in [-0.2, 0) is 0 Å². The van der Waals surface area contributed by atoms with Gasteiger partial charge in [-0.2, -0.15) is 0 Å². The van der Waals surface area contributed by atoms with Gasteiger partial charge in [-0.25, -0.2) is 0 Å². The zero-order chi connectivity index (χ0) is 10.5. The highest BCUT2D eigenvalue weighted by Gasteiger charge is 2.20. The van der Waals surface area contributed by atoms with Gasteiger partial charge >= 0.3 is 0 Å². The van der Waals surface area contributed by atoms with Crippen LogP contribution < -0.4 is 5.73 Å². The van der Waals surface area contributed by atoms with Gasteiger partial charge in [-0.3, -0.25) is 4.90 Å². The van der Waals surface area contributed by atoms with Gasteiger partial charge in [0.25, 0.3) is 0 Å². The molecule has 0 unspecified atom stereocenters. The maximum atomic E-state index is 5.89. The molecule has 1 heterocycles. The molecule has 0 bridgehead atoms. The van der Waals surface area contributed by atoms with Crippen molar-refractivity contribution in [3.05, 3.63) is 35.9 Å². The Morgan fingerprint density at radius 2 is 1.73 bits per heavy atom. The molecule has 1 aliphatic heterocycles. The second-order valence-electron chi connectivity index (χ2n) is 4.26. The fourth-order valence-corrected chi connectivity index (χ4v) is 2.40. The SMILES string of the molecule is NC[C@H](c1ccccc1)N1CCCCC1. The van der Waals surface area contributed by atoms with Gasteiger partial charge < -0.3 is 5.73 Å². The number of piperidine rings is 1. The van der Waals surface area contributed by atoms with Gasteiger partial charge in [-0.05, 0) is 31.5 Å². The van der Waals surface area contributed by atoms with E-state index in [-0.39, 0.29) is 0 Å². The van der Waals surface area contributed by atoms with Crippen LogP contribution in [0, 0.1) is 0 Å². The lowest BCUT2D eigenvalue weighted by molar-refractivity contribution is 0.167. The zero-order valence-electron chi connectivity index (χ0n) is 9.23. The van der Waals surface area contributed by atoms with Gasteiger partial charge in [-0.1, -0.05) is 36.8 Å². The third-order valence-corrected chi connectivity index (χ3v) is 3.24. The lowest BCUT2D eigenvalue weighted by Crippen LogP contribution is -2.37. The van der Waals surface area contributed by atoms with Crippen LogP contribution in [0.2, 0.25) is 0 Å².